The second-order valence-electron chi connectivity index (χ2n) is 3.32. The van der Waals surface area contributed by atoms with Crippen LogP contribution in [-0.2, 0) is 6.42 Å². The number of hydrogen-bond donors (Lipinski definition) is 0. The van der Waals surface area contributed by atoms with Crippen LogP contribution in [0.15, 0.2) is 6.58 Å². The molecular weight excluding hydrogens is 160 g/mol. The maximum atomic E-state index is 4.39. The third-order valence-electron chi connectivity index (χ3n) is 2.08. The Morgan fingerprint density at radius 1 is 1.31 bits per heavy atom. The van der Waals surface area contributed by atoms with Gasteiger partial charge in [-0.1, -0.05) is 13.5 Å². The van der Waals surface area contributed by atoms with Crippen LogP contribution in [0, 0.1) is 13.8 Å². The van der Waals surface area contributed by atoms with Crippen molar-refractivity contribution in [2.75, 3.05) is 0 Å². The Morgan fingerprint density at radius 3 is 2.38 bits per heavy atom. The fourth-order valence-corrected chi connectivity index (χ4v) is 1.51. The van der Waals surface area contributed by atoms with E-state index in [4.69, 9.17) is 0 Å². The smallest absolute Gasteiger partial charge is 0.126 e. The lowest BCUT2D eigenvalue weighted by atomic mass is 10.1. The lowest BCUT2D eigenvalue weighted by Crippen LogP contribution is -2.03. The molecule has 1 heterocycles. The summed E-state index contributed by atoms with van der Waals surface area (Å²) in [6, 6.07) is 0. The van der Waals surface area contributed by atoms with Gasteiger partial charge in [0.25, 0.3) is 0 Å². The first-order chi connectivity index (χ1) is 6.06. The Hall–Kier alpha value is -1.18. The predicted octanol–water partition coefficient (Wildman–Crippen LogP) is 2.69. The highest BCUT2D eigenvalue weighted by atomic mass is 14.9. The number of aromatic nitrogens is 2. The van der Waals surface area contributed by atoms with Crippen LogP contribution in [0.2, 0.25) is 0 Å². The molecule has 70 valence electrons. The first-order valence-electron chi connectivity index (χ1n) is 4.56. The summed E-state index contributed by atoms with van der Waals surface area (Å²) in [5.74, 6) is 0.827. The quantitative estimate of drug-likeness (QED) is 0.692. The van der Waals surface area contributed by atoms with Crippen LogP contribution >= 0.6 is 0 Å². The van der Waals surface area contributed by atoms with Crippen LogP contribution in [0.25, 0.3) is 5.57 Å². The normalized spacial score (nSPS) is 10.2. The van der Waals surface area contributed by atoms with Gasteiger partial charge in [0.05, 0.1) is 5.69 Å². The molecule has 2 heteroatoms. The first kappa shape index (κ1) is 9.90. The van der Waals surface area contributed by atoms with Gasteiger partial charge in [-0.15, -0.1) is 0 Å². The Morgan fingerprint density at radius 2 is 1.92 bits per heavy atom. The minimum absolute atomic E-state index is 0.827. The summed E-state index contributed by atoms with van der Waals surface area (Å²) >= 11 is 0. The largest absolute Gasteiger partial charge is 0.238 e. The van der Waals surface area contributed by atoms with Crippen LogP contribution in [0.5, 0.6) is 0 Å². The highest BCUT2D eigenvalue weighted by Crippen LogP contribution is 2.17. The van der Waals surface area contributed by atoms with Gasteiger partial charge in [0.1, 0.15) is 5.82 Å². The van der Waals surface area contributed by atoms with Gasteiger partial charge < -0.3 is 0 Å². The molecular formula is C11H16N2. The molecule has 0 saturated carbocycles. The Labute approximate surface area is 79.7 Å². The molecule has 0 bridgehead atoms. The zero-order chi connectivity index (χ0) is 10.0. The molecule has 0 aromatic carbocycles. The van der Waals surface area contributed by atoms with E-state index in [0.29, 0.717) is 0 Å². The number of allylic oxidation sites excluding steroid dienone is 1. The van der Waals surface area contributed by atoms with Crippen molar-refractivity contribution in [3.05, 3.63) is 29.4 Å². The van der Waals surface area contributed by atoms with E-state index < -0.39 is 0 Å². The van der Waals surface area contributed by atoms with Gasteiger partial charge in [-0.3, -0.25) is 0 Å². The van der Waals surface area contributed by atoms with E-state index in [0.717, 1.165) is 29.2 Å². The molecule has 0 fully saturated rings. The van der Waals surface area contributed by atoms with Crippen LogP contribution in [0.4, 0.5) is 0 Å². The first-order valence-corrected chi connectivity index (χ1v) is 4.56. The van der Waals surface area contributed by atoms with Gasteiger partial charge in [0, 0.05) is 5.69 Å². The Balaban J connectivity index is 3.38. The molecule has 1 aromatic heterocycles. The van der Waals surface area contributed by atoms with Crippen molar-refractivity contribution in [3.63, 3.8) is 0 Å². The third-order valence-corrected chi connectivity index (χ3v) is 2.08. The fourth-order valence-electron chi connectivity index (χ4n) is 1.51. The van der Waals surface area contributed by atoms with Crippen molar-refractivity contribution in [2.45, 2.75) is 34.1 Å². The van der Waals surface area contributed by atoms with E-state index >= 15 is 0 Å². The lowest BCUT2D eigenvalue weighted by molar-refractivity contribution is 0.932. The van der Waals surface area contributed by atoms with Gasteiger partial charge in [0.2, 0.25) is 0 Å². The zero-order valence-electron chi connectivity index (χ0n) is 8.81. The van der Waals surface area contributed by atoms with Crippen molar-refractivity contribution in [1.29, 1.82) is 0 Å². The monoisotopic (exact) mass is 176 g/mol. The minimum Gasteiger partial charge on any atom is -0.238 e. The molecule has 2 nitrogen and oxygen atoms in total. The lowest BCUT2D eigenvalue weighted by Gasteiger charge is -2.09. The molecule has 1 rings (SSSR count). The Kier molecular flexibility index (Phi) is 2.81. The van der Waals surface area contributed by atoms with Gasteiger partial charge in [0.15, 0.2) is 0 Å². The summed E-state index contributed by atoms with van der Waals surface area (Å²) in [6.45, 7) is 12.0. The SMILES string of the molecule is C=C(C)c1nc(C)nc(C)c1CC. The molecule has 13 heavy (non-hydrogen) atoms. The number of nitrogens with zero attached hydrogens (tertiary/aromatic N) is 2. The predicted molar refractivity (Wildman–Crippen MR) is 55.6 cm³/mol. The standard InChI is InChI=1S/C11H16N2/c1-6-10-8(4)12-9(5)13-11(10)7(2)3/h2,6H2,1,3-5H3. The van der Waals surface area contributed by atoms with E-state index in [1.807, 2.05) is 20.8 Å². The highest BCUT2D eigenvalue weighted by Gasteiger charge is 2.08. The molecule has 0 aliphatic rings. The van der Waals surface area contributed by atoms with E-state index in [9.17, 15) is 0 Å². The number of aryl methyl sites for hydroxylation is 2. The number of rotatable bonds is 2. The second-order valence-corrected chi connectivity index (χ2v) is 3.32. The molecule has 1 aromatic rings. The van der Waals surface area contributed by atoms with Crippen molar-refractivity contribution >= 4 is 5.57 Å². The van der Waals surface area contributed by atoms with Gasteiger partial charge in [-0.25, -0.2) is 9.97 Å². The molecule has 0 amide bonds. The maximum absolute atomic E-state index is 4.39. The molecule has 0 aliphatic carbocycles. The molecule has 0 spiro atoms. The van der Waals surface area contributed by atoms with Gasteiger partial charge >= 0.3 is 0 Å². The van der Waals surface area contributed by atoms with Crippen molar-refractivity contribution in [3.8, 4) is 0 Å². The van der Waals surface area contributed by atoms with Crippen LogP contribution in [-0.4, -0.2) is 9.97 Å². The summed E-state index contributed by atoms with van der Waals surface area (Å²) in [5.41, 5.74) is 4.34. The summed E-state index contributed by atoms with van der Waals surface area (Å²) in [5, 5.41) is 0. The summed E-state index contributed by atoms with van der Waals surface area (Å²) < 4.78 is 0. The van der Waals surface area contributed by atoms with Gasteiger partial charge in [-0.2, -0.15) is 0 Å². The highest BCUT2D eigenvalue weighted by molar-refractivity contribution is 5.61. The Bertz CT molecular complexity index is 340. The summed E-state index contributed by atoms with van der Waals surface area (Å²) in [6.07, 6.45) is 0.967. The fraction of sp³-hybridized carbons (Fsp3) is 0.455. The third kappa shape index (κ3) is 1.94. The molecule has 0 saturated heterocycles. The van der Waals surface area contributed by atoms with E-state index in [1.165, 1.54) is 5.56 Å². The maximum Gasteiger partial charge on any atom is 0.126 e. The van der Waals surface area contributed by atoms with Crippen molar-refractivity contribution in [1.82, 2.24) is 9.97 Å². The average molecular weight is 176 g/mol. The molecule has 0 unspecified atom stereocenters. The van der Waals surface area contributed by atoms with Crippen LogP contribution in [0.3, 0.4) is 0 Å². The van der Waals surface area contributed by atoms with E-state index in [1.54, 1.807) is 0 Å². The zero-order valence-corrected chi connectivity index (χ0v) is 8.81. The summed E-state index contributed by atoms with van der Waals surface area (Å²) in [4.78, 5) is 8.73. The van der Waals surface area contributed by atoms with E-state index in [2.05, 4.69) is 23.5 Å². The van der Waals surface area contributed by atoms with Gasteiger partial charge in [-0.05, 0) is 38.3 Å². The topological polar surface area (TPSA) is 25.8 Å². The molecule has 0 radical (unpaired) electrons. The number of hydrogen-bond acceptors (Lipinski definition) is 2. The average Bonchev–Trinajstić information content (AvgIpc) is 2.02. The second kappa shape index (κ2) is 3.69. The van der Waals surface area contributed by atoms with E-state index in [-0.39, 0.29) is 0 Å². The van der Waals surface area contributed by atoms with Crippen LogP contribution < -0.4 is 0 Å². The van der Waals surface area contributed by atoms with Crippen LogP contribution in [0.1, 0.15) is 36.6 Å². The summed E-state index contributed by atoms with van der Waals surface area (Å²) in [7, 11) is 0. The molecule has 0 atom stereocenters. The van der Waals surface area contributed by atoms with Crippen molar-refractivity contribution in [2.24, 2.45) is 0 Å². The molecule has 0 N–H and O–H groups in total. The minimum atomic E-state index is 0.827. The molecule has 0 aliphatic heterocycles. The van der Waals surface area contributed by atoms with Crippen molar-refractivity contribution < 1.29 is 0 Å².